The molecule has 2 fully saturated rings. The van der Waals surface area contributed by atoms with Gasteiger partial charge in [0.25, 0.3) is 11.8 Å². The lowest BCUT2D eigenvalue weighted by Gasteiger charge is -2.24. The normalized spacial score (nSPS) is 17.0. The van der Waals surface area contributed by atoms with Gasteiger partial charge in [0.05, 0.1) is 11.4 Å². The molecule has 2 saturated heterocycles. The van der Waals surface area contributed by atoms with Crippen LogP contribution in [-0.4, -0.2) is 119 Å². The van der Waals surface area contributed by atoms with Gasteiger partial charge in [0.15, 0.2) is 0 Å². The lowest BCUT2D eigenvalue weighted by Crippen LogP contribution is -2.38. The monoisotopic (exact) mass is 1220 g/mol. The number of rotatable bonds is 13. The first-order chi connectivity index (χ1) is 29.9. The van der Waals surface area contributed by atoms with Crippen molar-refractivity contribution >= 4 is 117 Å². The van der Waals surface area contributed by atoms with Crippen LogP contribution >= 0.6 is 45.2 Å². The van der Waals surface area contributed by atoms with E-state index in [2.05, 4.69) is 95.1 Å². The predicted octanol–water partition coefficient (Wildman–Crippen LogP) is 8.85. The third kappa shape index (κ3) is 19.4. The number of alkyl halides is 1. The van der Waals surface area contributed by atoms with E-state index in [0.717, 1.165) is 45.4 Å². The molecule has 0 radical (unpaired) electrons. The number of alkyl carbamates (subject to hydrolysis) is 2. The van der Waals surface area contributed by atoms with E-state index in [9.17, 15) is 36.0 Å². The van der Waals surface area contributed by atoms with Crippen molar-refractivity contribution in [3.63, 3.8) is 0 Å². The van der Waals surface area contributed by atoms with Crippen molar-refractivity contribution in [1.29, 1.82) is 0 Å². The number of anilines is 2. The average molecular weight is 1220 g/mol. The maximum Gasteiger partial charge on any atom is 0.407 e. The van der Waals surface area contributed by atoms with Crippen molar-refractivity contribution in [3.8, 4) is 0 Å². The fraction of sp³-hybridized carbons (Fsp3) is 0.636. The van der Waals surface area contributed by atoms with E-state index in [4.69, 9.17) is 9.47 Å². The Morgan fingerprint density at radius 3 is 1.41 bits per heavy atom. The van der Waals surface area contributed by atoms with Gasteiger partial charge in [-0.05, 0) is 151 Å². The molecule has 4 amide bonds. The lowest BCUT2D eigenvalue weighted by atomic mass is 10.0. The molecule has 0 saturated carbocycles. The maximum atomic E-state index is 13.1. The van der Waals surface area contributed by atoms with Gasteiger partial charge < -0.3 is 20.1 Å². The number of hydrogen-bond donors (Lipinski definition) is 2. The van der Waals surface area contributed by atoms with Crippen LogP contribution in [0.5, 0.6) is 0 Å². The zero-order chi connectivity index (χ0) is 51.0. The average Bonchev–Trinajstić information content (AvgIpc) is 3.48. The molecular formula is C44H74I2N6O10S2Si2. The third-order valence-electron chi connectivity index (χ3n) is 9.61. The zero-order valence-electron chi connectivity index (χ0n) is 41.7. The number of carbonyl (C=O) groups excluding carboxylic acids is 4. The number of hydrogen-bond acceptors (Lipinski definition) is 10. The van der Waals surface area contributed by atoms with E-state index < -0.39 is 53.9 Å². The van der Waals surface area contributed by atoms with Crippen LogP contribution in [-0.2, 0) is 45.9 Å². The first-order valence-corrected chi connectivity index (χ1v) is 34.8. The second-order valence-corrected chi connectivity index (χ2v) is 38.0. The van der Waals surface area contributed by atoms with Crippen molar-refractivity contribution in [2.24, 2.45) is 0 Å². The van der Waals surface area contributed by atoms with Crippen LogP contribution in [0.25, 0.3) is 0 Å². The Morgan fingerprint density at radius 2 is 1.06 bits per heavy atom. The summed E-state index contributed by atoms with van der Waals surface area (Å²) in [6.45, 7) is 31.7. The van der Waals surface area contributed by atoms with Gasteiger partial charge in [-0.2, -0.15) is 16.8 Å². The Labute approximate surface area is 424 Å². The van der Waals surface area contributed by atoms with Crippen LogP contribution in [0.1, 0.15) is 72.1 Å². The first-order valence-electron chi connectivity index (χ1n) is 21.9. The van der Waals surface area contributed by atoms with Gasteiger partial charge in [-0.3, -0.25) is 9.59 Å². The van der Waals surface area contributed by atoms with Crippen molar-refractivity contribution < 1.29 is 45.5 Å². The van der Waals surface area contributed by atoms with Crippen molar-refractivity contribution in [2.45, 2.75) is 150 Å². The van der Waals surface area contributed by atoms with Crippen LogP contribution in [0.4, 0.5) is 21.0 Å². The van der Waals surface area contributed by atoms with Gasteiger partial charge in [-0.1, -0.05) is 74.0 Å². The standard InChI is InChI=1S/C22H37N3O5SSi.C14H21IN2O3SSi.C8H16INO2/c1-16-13-18(14-17(2)23-21(27)30-22(3,4)5)9-10-19(16)25-15-20(26)24(31(25,28)29)11-12-32(6,7)8;1-11-9-12(15)5-6-13(11)17-10-14(18)16(21(17,19)20)7-8-22(2,3)4;1-6(5-9)10-7(11)12-8(2,3)4/h9-10,13,17H,11-12,14-15H2,1-8H3,(H,23,27);5-6,9H,7-8,10H2,1-4H3;6H,5H2,1-4H3,(H,10,11)/t17-;;6-/m1.1/s1. The molecule has 66 heavy (non-hydrogen) atoms. The number of nitrogens with zero attached hydrogens (tertiary/aromatic N) is 4. The molecule has 2 atom stereocenters. The molecular weight excluding hydrogens is 1150 g/mol. The Hall–Kier alpha value is -2.69. The van der Waals surface area contributed by atoms with Gasteiger partial charge in [-0.25, -0.2) is 26.8 Å². The van der Waals surface area contributed by atoms with Crippen LogP contribution in [0.15, 0.2) is 36.4 Å². The highest BCUT2D eigenvalue weighted by atomic mass is 127. The predicted molar refractivity (Wildman–Crippen MR) is 288 cm³/mol. The highest BCUT2D eigenvalue weighted by Gasteiger charge is 2.44. The third-order valence-corrected chi connectivity index (χ3v) is 18.7. The van der Waals surface area contributed by atoms with Crippen molar-refractivity contribution in [2.75, 3.05) is 39.2 Å². The van der Waals surface area contributed by atoms with E-state index in [1.807, 2.05) is 93.5 Å². The number of aryl methyl sites for hydroxylation is 2. The molecule has 2 aliphatic rings. The fourth-order valence-corrected chi connectivity index (χ4v) is 12.5. The topological polar surface area (TPSA) is 192 Å². The van der Waals surface area contributed by atoms with Gasteiger partial charge in [0.1, 0.15) is 24.3 Å². The summed E-state index contributed by atoms with van der Waals surface area (Å²) in [7, 11) is -10.5. The number of carbonyl (C=O) groups is 4. The Kier molecular flexibility index (Phi) is 21.4. The minimum absolute atomic E-state index is 0.102. The Balaban J connectivity index is 0.000000379. The second-order valence-electron chi connectivity index (χ2n) is 21.1. The molecule has 0 aromatic heterocycles. The molecule has 0 bridgehead atoms. The SMILES string of the molecule is C[C@H](CI)NC(=O)OC(C)(C)C.Cc1cc(C[C@@H](C)NC(=O)OC(C)(C)C)ccc1N1CC(=O)N(CC[Si](C)(C)C)S1(=O)=O.Cc1cc(I)ccc1N1CC(=O)N(CC[Si](C)(C)C)S1(=O)=O. The number of benzene rings is 2. The summed E-state index contributed by atoms with van der Waals surface area (Å²) in [6.07, 6.45) is -0.251. The first kappa shape index (κ1) is 59.4. The van der Waals surface area contributed by atoms with Crippen molar-refractivity contribution in [1.82, 2.24) is 19.2 Å². The number of ether oxygens (including phenoxy) is 2. The molecule has 2 N–H and O–H groups in total. The second kappa shape index (κ2) is 23.8. The van der Waals surface area contributed by atoms with Gasteiger partial charge in [0, 0.05) is 49.3 Å². The molecule has 0 spiro atoms. The van der Waals surface area contributed by atoms with Gasteiger partial charge in [0.2, 0.25) is 0 Å². The van der Waals surface area contributed by atoms with Gasteiger partial charge in [-0.15, -0.1) is 0 Å². The summed E-state index contributed by atoms with van der Waals surface area (Å²) < 4.78 is 68.3. The number of amides is 4. The lowest BCUT2D eigenvalue weighted by molar-refractivity contribution is -0.124. The maximum absolute atomic E-state index is 13.1. The van der Waals surface area contributed by atoms with E-state index in [-0.39, 0.29) is 56.2 Å². The van der Waals surface area contributed by atoms with Crippen LogP contribution in [0.2, 0.25) is 51.4 Å². The molecule has 2 aromatic carbocycles. The zero-order valence-corrected chi connectivity index (χ0v) is 49.7. The smallest absolute Gasteiger partial charge is 0.407 e. The highest BCUT2D eigenvalue weighted by Crippen LogP contribution is 2.32. The summed E-state index contributed by atoms with van der Waals surface area (Å²) in [5.74, 6) is -0.724. The summed E-state index contributed by atoms with van der Waals surface area (Å²) in [6, 6.07) is 12.5. The fourth-order valence-electron chi connectivity index (χ4n) is 6.32. The summed E-state index contributed by atoms with van der Waals surface area (Å²) in [5, 5.41) is 5.53. The summed E-state index contributed by atoms with van der Waals surface area (Å²) in [4.78, 5) is 47.7. The Morgan fingerprint density at radius 1 is 0.682 bits per heavy atom. The molecule has 16 nitrogen and oxygen atoms in total. The largest absolute Gasteiger partial charge is 0.444 e. The van der Waals surface area contributed by atoms with E-state index in [0.29, 0.717) is 17.8 Å². The molecule has 0 unspecified atom stereocenters. The molecule has 2 aromatic rings. The molecule has 2 aliphatic heterocycles. The number of halogens is 2. The van der Waals surface area contributed by atoms with E-state index in [1.165, 1.54) is 8.61 Å². The van der Waals surface area contributed by atoms with Crippen LogP contribution in [0.3, 0.4) is 0 Å². The molecule has 4 rings (SSSR count). The molecule has 374 valence electrons. The number of nitrogens with one attached hydrogen (secondary N) is 2. The van der Waals surface area contributed by atoms with Crippen LogP contribution < -0.4 is 19.2 Å². The van der Waals surface area contributed by atoms with E-state index >= 15 is 0 Å². The van der Waals surface area contributed by atoms with Crippen molar-refractivity contribution in [3.05, 3.63) is 56.7 Å². The van der Waals surface area contributed by atoms with E-state index in [1.54, 1.807) is 12.1 Å². The minimum atomic E-state index is -3.88. The highest BCUT2D eigenvalue weighted by molar-refractivity contribution is 14.1. The van der Waals surface area contributed by atoms with Crippen LogP contribution in [0, 0.1) is 17.4 Å². The van der Waals surface area contributed by atoms with Gasteiger partial charge >= 0.3 is 32.6 Å². The summed E-state index contributed by atoms with van der Waals surface area (Å²) in [5.41, 5.74) is 2.69. The summed E-state index contributed by atoms with van der Waals surface area (Å²) >= 11 is 4.40. The Bertz CT molecular complexity index is 2260. The molecule has 0 aliphatic carbocycles. The molecule has 2 heterocycles. The quantitative estimate of drug-likeness (QED) is 0.111. The molecule has 22 heteroatoms. The minimum Gasteiger partial charge on any atom is -0.444 e.